The van der Waals surface area contributed by atoms with Crippen LogP contribution in [-0.4, -0.2) is 46.2 Å². The fourth-order valence-corrected chi connectivity index (χ4v) is 6.61. The molecule has 38 heavy (non-hydrogen) atoms. The highest BCUT2D eigenvalue weighted by molar-refractivity contribution is 7.10. The topological polar surface area (TPSA) is 56.6 Å². The number of thiophene rings is 1. The number of methoxy groups -OCH3 is 1. The second kappa shape index (κ2) is 9.71. The smallest absolute Gasteiger partial charge is 0.271 e. The highest BCUT2D eigenvalue weighted by atomic mass is 32.1. The van der Waals surface area contributed by atoms with E-state index in [0.717, 1.165) is 52.2 Å². The van der Waals surface area contributed by atoms with Crippen LogP contribution in [0.5, 0.6) is 5.75 Å². The van der Waals surface area contributed by atoms with Crippen LogP contribution in [0.2, 0.25) is 0 Å². The Morgan fingerprint density at radius 3 is 2.68 bits per heavy atom. The Kier molecular flexibility index (Phi) is 6.36. The molecule has 0 fully saturated rings. The van der Waals surface area contributed by atoms with E-state index in [1.54, 1.807) is 24.6 Å². The van der Waals surface area contributed by atoms with Gasteiger partial charge in [-0.2, -0.15) is 0 Å². The Bertz CT molecular complexity index is 1470. The van der Waals surface area contributed by atoms with Crippen molar-refractivity contribution in [3.63, 3.8) is 0 Å². The number of aromatic nitrogens is 2. The van der Waals surface area contributed by atoms with Crippen LogP contribution < -0.4 is 4.74 Å². The van der Waals surface area contributed by atoms with E-state index in [-0.39, 0.29) is 17.5 Å². The molecule has 0 bridgehead atoms. The molecule has 7 heteroatoms. The maximum absolute atomic E-state index is 14.4. The lowest BCUT2D eigenvalue weighted by molar-refractivity contribution is 0.0543. The van der Waals surface area contributed by atoms with E-state index in [0.29, 0.717) is 19.8 Å². The zero-order valence-electron chi connectivity index (χ0n) is 22.4. The molecule has 196 valence electrons. The summed E-state index contributed by atoms with van der Waals surface area (Å²) in [5.41, 5.74) is 6.78. The number of nitrogens with zero attached hydrogens (tertiary/aromatic N) is 3. The minimum Gasteiger partial charge on any atom is -0.496 e. The molecule has 5 heterocycles. The van der Waals surface area contributed by atoms with Gasteiger partial charge < -0.3 is 18.9 Å². The second-order valence-electron chi connectivity index (χ2n) is 11.0. The zero-order valence-corrected chi connectivity index (χ0v) is 23.2. The summed E-state index contributed by atoms with van der Waals surface area (Å²) in [6, 6.07) is 14.8. The maximum Gasteiger partial charge on any atom is 0.271 e. The minimum atomic E-state index is -0.296. The fraction of sp³-hybridized carbons (Fsp3) is 0.355. The monoisotopic (exact) mass is 527 g/mol. The molecule has 4 aromatic rings. The lowest BCUT2D eigenvalue weighted by Gasteiger charge is -2.37. The number of benzene rings is 1. The Hall–Kier alpha value is -3.42. The first-order valence-corrected chi connectivity index (χ1v) is 14.0. The molecule has 0 saturated heterocycles. The van der Waals surface area contributed by atoms with Gasteiger partial charge in [0.05, 0.1) is 19.8 Å². The molecule has 6 nitrogen and oxygen atoms in total. The van der Waals surface area contributed by atoms with E-state index in [1.807, 2.05) is 17.2 Å². The first-order chi connectivity index (χ1) is 18.4. The molecule has 0 radical (unpaired) electrons. The quantitative estimate of drug-likeness (QED) is 0.301. The van der Waals surface area contributed by atoms with Crippen molar-refractivity contribution in [3.05, 3.63) is 81.9 Å². The summed E-state index contributed by atoms with van der Waals surface area (Å²) in [6.07, 6.45) is 5.24. The van der Waals surface area contributed by atoms with E-state index in [2.05, 4.69) is 72.1 Å². The minimum absolute atomic E-state index is 0.0155. The van der Waals surface area contributed by atoms with Crippen LogP contribution in [-0.2, 0) is 17.8 Å². The van der Waals surface area contributed by atoms with Gasteiger partial charge in [0.2, 0.25) is 0 Å². The van der Waals surface area contributed by atoms with Gasteiger partial charge in [-0.25, -0.2) is 0 Å². The van der Waals surface area contributed by atoms with Crippen molar-refractivity contribution >= 4 is 17.2 Å². The molecule has 0 aliphatic carbocycles. The van der Waals surface area contributed by atoms with Gasteiger partial charge in [0.1, 0.15) is 11.4 Å². The Labute approximate surface area is 227 Å². The third-order valence-corrected chi connectivity index (χ3v) is 8.54. The number of ether oxygens (including phenoxy) is 2. The summed E-state index contributed by atoms with van der Waals surface area (Å²) in [6.45, 7) is 8.07. The standard InChI is InChI=1S/C31H33N3O3S/c1-31(2,3)33-11-7-12-37-19-22-15-25-23-17-24(20-8-5-10-32-18-20)27(36-4)16-21(23)14-26(28-9-6-13-38-28)34(25)29(22)30(33)35/h5-6,8-10,13,15-18,26H,7,11-12,14,19H2,1-4H3. The van der Waals surface area contributed by atoms with Gasteiger partial charge in [0.15, 0.2) is 0 Å². The van der Waals surface area contributed by atoms with Gasteiger partial charge in [-0.05, 0) is 74.9 Å². The molecule has 1 aromatic carbocycles. The summed E-state index contributed by atoms with van der Waals surface area (Å²) in [5.74, 6) is 0.908. The number of amides is 1. The highest BCUT2D eigenvalue weighted by Crippen LogP contribution is 2.46. The number of hydrogen-bond donors (Lipinski definition) is 0. The predicted molar refractivity (Wildman–Crippen MR) is 151 cm³/mol. The molecule has 1 amide bonds. The third-order valence-electron chi connectivity index (χ3n) is 7.57. The van der Waals surface area contributed by atoms with Gasteiger partial charge in [-0.15, -0.1) is 11.3 Å². The van der Waals surface area contributed by atoms with Gasteiger partial charge in [0.25, 0.3) is 5.91 Å². The van der Waals surface area contributed by atoms with E-state index in [4.69, 9.17) is 9.47 Å². The molecule has 3 aromatic heterocycles. The molecule has 2 aliphatic rings. The SMILES string of the molecule is COc1cc2c(cc1-c1cccnc1)-c1cc3c(n1C(c1cccs1)C2)C(=O)N(C(C)(C)C)CCCOC3. The predicted octanol–water partition coefficient (Wildman–Crippen LogP) is 6.59. The highest BCUT2D eigenvalue weighted by Gasteiger charge is 2.37. The molecule has 6 rings (SSSR count). The fourth-order valence-electron chi connectivity index (χ4n) is 5.79. The number of carbonyl (C=O) groups excluding carboxylic acids is 1. The summed E-state index contributed by atoms with van der Waals surface area (Å²) in [4.78, 5) is 22.0. The van der Waals surface area contributed by atoms with Crippen molar-refractivity contribution in [2.75, 3.05) is 20.3 Å². The molecule has 1 unspecified atom stereocenters. The zero-order chi connectivity index (χ0) is 26.4. The average molecular weight is 528 g/mol. The molecule has 1 atom stereocenters. The van der Waals surface area contributed by atoms with Crippen LogP contribution in [0.25, 0.3) is 22.4 Å². The second-order valence-corrected chi connectivity index (χ2v) is 12.0. The van der Waals surface area contributed by atoms with Gasteiger partial charge in [-0.3, -0.25) is 9.78 Å². The Balaban J connectivity index is 1.61. The largest absolute Gasteiger partial charge is 0.496 e. The number of rotatable bonds is 3. The molecule has 0 saturated carbocycles. The molecule has 0 N–H and O–H groups in total. The average Bonchev–Trinajstić information content (AvgIpc) is 3.58. The van der Waals surface area contributed by atoms with E-state index in [1.165, 1.54) is 10.4 Å². The first kappa shape index (κ1) is 24.9. The number of fused-ring (bicyclic) bond motifs is 5. The van der Waals surface area contributed by atoms with Crippen molar-refractivity contribution in [2.45, 2.75) is 51.8 Å². The van der Waals surface area contributed by atoms with E-state index < -0.39 is 0 Å². The van der Waals surface area contributed by atoms with Crippen LogP contribution >= 0.6 is 11.3 Å². The molecule has 2 aliphatic heterocycles. The van der Waals surface area contributed by atoms with E-state index in [9.17, 15) is 4.79 Å². The van der Waals surface area contributed by atoms with Crippen molar-refractivity contribution in [1.29, 1.82) is 0 Å². The van der Waals surface area contributed by atoms with Crippen LogP contribution in [0, 0.1) is 0 Å². The van der Waals surface area contributed by atoms with Crippen LogP contribution in [0.4, 0.5) is 0 Å². The third kappa shape index (κ3) is 4.24. The van der Waals surface area contributed by atoms with Gasteiger partial charge in [0, 0.05) is 63.9 Å². The summed E-state index contributed by atoms with van der Waals surface area (Å²) < 4.78 is 14.2. The molecular formula is C31H33N3O3S. The molecule has 0 spiro atoms. The van der Waals surface area contributed by atoms with Gasteiger partial charge in [-0.1, -0.05) is 12.1 Å². The Morgan fingerprint density at radius 2 is 1.97 bits per heavy atom. The Morgan fingerprint density at radius 1 is 1.11 bits per heavy atom. The summed E-state index contributed by atoms with van der Waals surface area (Å²) >= 11 is 1.74. The van der Waals surface area contributed by atoms with Gasteiger partial charge >= 0.3 is 0 Å². The lowest BCUT2D eigenvalue weighted by Crippen LogP contribution is -2.47. The van der Waals surface area contributed by atoms with Crippen LogP contribution in [0.1, 0.15) is 59.7 Å². The van der Waals surface area contributed by atoms with Crippen molar-refractivity contribution in [3.8, 4) is 28.1 Å². The van der Waals surface area contributed by atoms with Crippen LogP contribution in [0.15, 0.2) is 60.2 Å². The van der Waals surface area contributed by atoms with Crippen molar-refractivity contribution in [1.82, 2.24) is 14.5 Å². The molecular weight excluding hydrogens is 494 g/mol. The van der Waals surface area contributed by atoms with Crippen molar-refractivity contribution < 1.29 is 14.3 Å². The summed E-state index contributed by atoms with van der Waals surface area (Å²) in [7, 11) is 1.72. The maximum atomic E-state index is 14.4. The lowest BCUT2D eigenvalue weighted by atomic mass is 9.89. The summed E-state index contributed by atoms with van der Waals surface area (Å²) in [5, 5.41) is 2.11. The van der Waals surface area contributed by atoms with Crippen molar-refractivity contribution in [2.24, 2.45) is 0 Å². The number of hydrogen-bond acceptors (Lipinski definition) is 5. The van der Waals surface area contributed by atoms with Crippen LogP contribution in [0.3, 0.4) is 0 Å². The normalized spacial score (nSPS) is 17.6. The number of pyridine rings is 1. The number of carbonyl (C=O) groups is 1. The first-order valence-electron chi connectivity index (χ1n) is 13.2. The van der Waals surface area contributed by atoms with E-state index >= 15 is 0 Å².